The molecule has 0 spiro atoms. The van der Waals surface area contributed by atoms with Gasteiger partial charge >= 0.3 is 0 Å². The summed E-state index contributed by atoms with van der Waals surface area (Å²) in [7, 11) is 0. The van der Waals surface area contributed by atoms with Gasteiger partial charge < -0.3 is 4.57 Å². The number of imidazole rings is 1. The zero-order chi connectivity index (χ0) is 15.1. The molecule has 1 unspecified atom stereocenters. The number of halogens is 3. The molecule has 2 heterocycles. The van der Waals surface area contributed by atoms with Crippen LogP contribution in [-0.2, 0) is 5.88 Å². The van der Waals surface area contributed by atoms with Gasteiger partial charge in [-0.3, -0.25) is 0 Å². The first-order valence-electron chi connectivity index (χ1n) is 6.49. The number of aryl methyl sites for hydroxylation is 1. The van der Waals surface area contributed by atoms with Crippen LogP contribution in [0.2, 0.25) is 0 Å². The molecule has 0 saturated heterocycles. The molecule has 1 atom stereocenters. The Labute approximate surface area is 130 Å². The van der Waals surface area contributed by atoms with E-state index in [2.05, 4.69) is 4.98 Å². The van der Waals surface area contributed by atoms with Crippen molar-refractivity contribution in [3.8, 4) is 0 Å². The molecule has 1 aromatic carbocycles. The molecular weight excluding hydrogens is 314 g/mol. The molecule has 0 aliphatic rings. The molecule has 0 N–H and O–H groups in total. The van der Waals surface area contributed by atoms with Crippen LogP contribution in [0.15, 0.2) is 24.3 Å². The average Bonchev–Trinajstić information content (AvgIpc) is 3.01. The monoisotopic (exact) mass is 326 g/mol. The fraction of sp³-hybridized carbons (Fsp3) is 0.267. The van der Waals surface area contributed by atoms with E-state index >= 15 is 0 Å². The summed E-state index contributed by atoms with van der Waals surface area (Å²) in [5.74, 6) is -0.596. The lowest BCUT2D eigenvalue weighted by Gasteiger charge is -2.15. The van der Waals surface area contributed by atoms with E-state index in [1.54, 1.807) is 15.9 Å². The highest BCUT2D eigenvalue weighted by atomic mass is 35.5. The second-order valence-electron chi connectivity index (χ2n) is 4.91. The lowest BCUT2D eigenvalue weighted by Crippen LogP contribution is -2.08. The third-order valence-electron chi connectivity index (χ3n) is 3.47. The maximum atomic E-state index is 13.9. The second kappa shape index (κ2) is 5.39. The maximum absolute atomic E-state index is 13.9. The van der Waals surface area contributed by atoms with E-state index in [0.717, 1.165) is 10.9 Å². The second-order valence-corrected chi connectivity index (χ2v) is 6.50. The van der Waals surface area contributed by atoms with E-state index in [9.17, 15) is 8.78 Å². The molecular formula is C15H13ClF2N2S. The van der Waals surface area contributed by atoms with Gasteiger partial charge in [-0.15, -0.1) is 22.9 Å². The number of alkyl halides is 1. The quantitative estimate of drug-likeness (QED) is 0.617. The van der Waals surface area contributed by atoms with Gasteiger partial charge in [-0.25, -0.2) is 13.8 Å². The van der Waals surface area contributed by atoms with Crippen LogP contribution in [0.4, 0.5) is 8.78 Å². The third-order valence-corrected chi connectivity index (χ3v) is 4.88. The lowest BCUT2D eigenvalue weighted by molar-refractivity contribution is 0.588. The minimum atomic E-state index is -0.662. The van der Waals surface area contributed by atoms with Crippen molar-refractivity contribution in [2.24, 2.45) is 0 Å². The number of fused-ring (bicyclic) bond motifs is 1. The first kappa shape index (κ1) is 14.5. The van der Waals surface area contributed by atoms with Gasteiger partial charge in [0.05, 0.1) is 17.4 Å². The Bertz CT molecular complexity index is 809. The lowest BCUT2D eigenvalue weighted by atomic mass is 10.2. The predicted octanol–water partition coefficient (Wildman–Crippen LogP) is 5.03. The highest BCUT2D eigenvalue weighted by Crippen LogP contribution is 2.31. The zero-order valence-electron chi connectivity index (χ0n) is 11.5. The molecule has 0 radical (unpaired) electrons. The first-order chi connectivity index (χ1) is 10.0. The molecule has 2 nitrogen and oxygen atoms in total. The summed E-state index contributed by atoms with van der Waals surface area (Å²) in [6, 6.07) is 6.11. The van der Waals surface area contributed by atoms with Crippen LogP contribution in [0, 0.1) is 18.6 Å². The largest absolute Gasteiger partial charge is 0.319 e. The normalized spacial score (nSPS) is 13.0. The minimum absolute atomic E-state index is 0.0800. The molecule has 0 aliphatic heterocycles. The van der Waals surface area contributed by atoms with E-state index < -0.39 is 11.6 Å². The maximum Gasteiger partial charge on any atom is 0.153 e. The van der Waals surface area contributed by atoms with E-state index in [1.807, 2.05) is 26.0 Å². The van der Waals surface area contributed by atoms with Crippen LogP contribution in [0.5, 0.6) is 0 Å². The van der Waals surface area contributed by atoms with Crippen LogP contribution < -0.4 is 0 Å². The predicted molar refractivity (Wildman–Crippen MR) is 82.1 cm³/mol. The molecule has 0 fully saturated rings. The van der Waals surface area contributed by atoms with Gasteiger partial charge in [0.2, 0.25) is 0 Å². The smallest absolute Gasteiger partial charge is 0.153 e. The first-order valence-corrected chi connectivity index (χ1v) is 7.84. The van der Waals surface area contributed by atoms with Crippen molar-refractivity contribution >= 4 is 34.0 Å². The van der Waals surface area contributed by atoms with Gasteiger partial charge in [0.15, 0.2) is 5.82 Å². The number of nitrogens with zero attached hydrogens (tertiary/aromatic N) is 2. The summed E-state index contributed by atoms with van der Waals surface area (Å²) in [6.45, 7) is 4.00. The van der Waals surface area contributed by atoms with E-state index in [4.69, 9.17) is 11.6 Å². The Morgan fingerprint density at radius 3 is 2.71 bits per heavy atom. The zero-order valence-corrected chi connectivity index (χ0v) is 13.1. The highest BCUT2D eigenvalue weighted by molar-refractivity contribution is 7.12. The van der Waals surface area contributed by atoms with Crippen molar-refractivity contribution in [1.82, 2.24) is 9.55 Å². The summed E-state index contributed by atoms with van der Waals surface area (Å²) in [5, 5.41) is 0. The molecule has 110 valence electrons. The van der Waals surface area contributed by atoms with Gasteiger partial charge in [0.25, 0.3) is 0 Å². The standard InChI is InChI=1S/C15H13ClF2N2S/c1-8-3-4-13(21-8)9(2)20-12-6-10(17)5-11(18)15(12)19-14(20)7-16/h3-6,9H,7H2,1-2H3. The van der Waals surface area contributed by atoms with Crippen molar-refractivity contribution in [3.05, 3.63) is 51.5 Å². The number of hydrogen-bond donors (Lipinski definition) is 0. The van der Waals surface area contributed by atoms with Gasteiger partial charge in [-0.1, -0.05) is 0 Å². The summed E-state index contributed by atoms with van der Waals surface area (Å²) in [4.78, 5) is 6.51. The van der Waals surface area contributed by atoms with E-state index in [1.165, 1.54) is 10.9 Å². The van der Waals surface area contributed by atoms with Crippen LogP contribution in [0.25, 0.3) is 11.0 Å². The fourth-order valence-corrected chi connectivity index (χ4v) is 3.61. The topological polar surface area (TPSA) is 17.8 Å². The summed E-state index contributed by atoms with van der Waals surface area (Å²) in [6.07, 6.45) is 0. The van der Waals surface area contributed by atoms with E-state index in [0.29, 0.717) is 11.3 Å². The molecule has 3 rings (SSSR count). The number of aromatic nitrogens is 2. The Balaban J connectivity index is 2.25. The molecule has 0 amide bonds. The van der Waals surface area contributed by atoms with Crippen molar-refractivity contribution in [1.29, 1.82) is 0 Å². The molecule has 6 heteroatoms. The van der Waals surface area contributed by atoms with Gasteiger partial charge in [0, 0.05) is 21.9 Å². The van der Waals surface area contributed by atoms with E-state index in [-0.39, 0.29) is 17.4 Å². The Kier molecular flexibility index (Phi) is 3.71. The minimum Gasteiger partial charge on any atom is -0.319 e. The van der Waals surface area contributed by atoms with Crippen molar-refractivity contribution in [2.75, 3.05) is 0 Å². The summed E-state index contributed by atoms with van der Waals surface area (Å²) in [5.41, 5.74) is 0.592. The number of thiophene rings is 1. The SMILES string of the molecule is Cc1ccc(C(C)n2c(CCl)nc3c(F)cc(F)cc32)s1. The molecule has 3 aromatic rings. The van der Waals surface area contributed by atoms with Crippen LogP contribution >= 0.6 is 22.9 Å². The van der Waals surface area contributed by atoms with Gasteiger partial charge in [-0.05, 0) is 26.0 Å². The number of rotatable bonds is 3. The van der Waals surface area contributed by atoms with Crippen LogP contribution in [-0.4, -0.2) is 9.55 Å². The number of hydrogen-bond acceptors (Lipinski definition) is 2. The van der Waals surface area contributed by atoms with Crippen LogP contribution in [0.1, 0.15) is 28.5 Å². The Morgan fingerprint density at radius 2 is 2.10 bits per heavy atom. The average molecular weight is 327 g/mol. The highest BCUT2D eigenvalue weighted by Gasteiger charge is 2.20. The molecule has 0 bridgehead atoms. The fourth-order valence-electron chi connectivity index (χ4n) is 2.50. The van der Waals surface area contributed by atoms with Crippen molar-refractivity contribution < 1.29 is 8.78 Å². The molecule has 0 aliphatic carbocycles. The van der Waals surface area contributed by atoms with Gasteiger partial charge in [-0.2, -0.15) is 0 Å². The van der Waals surface area contributed by atoms with Crippen molar-refractivity contribution in [2.45, 2.75) is 25.8 Å². The molecule has 2 aromatic heterocycles. The molecule has 0 saturated carbocycles. The van der Waals surface area contributed by atoms with Gasteiger partial charge in [0.1, 0.15) is 17.2 Å². The third kappa shape index (κ3) is 2.45. The summed E-state index contributed by atoms with van der Waals surface area (Å²) >= 11 is 7.59. The number of benzene rings is 1. The Morgan fingerprint density at radius 1 is 1.33 bits per heavy atom. The molecule has 21 heavy (non-hydrogen) atoms. The van der Waals surface area contributed by atoms with Crippen molar-refractivity contribution in [3.63, 3.8) is 0 Å². The van der Waals surface area contributed by atoms with Crippen LogP contribution in [0.3, 0.4) is 0 Å². The Hall–Kier alpha value is -1.46. The summed E-state index contributed by atoms with van der Waals surface area (Å²) < 4.78 is 29.2.